The number of unbranched alkanes of at least 4 members (excludes halogenated alkanes) is 7. The van der Waals surface area contributed by atoms with E-state index in [1.165, 1.54) is 44.9 Å². The molecule has 0 fully saturated rings. The Labute approximate surface area is 208 Å². The summed E-state index contributed by atoms with van der Waals surface area (Å²) in [7, 11) is 4.27. The predicted octanol–water partition coefficient (Wildman–Crippen LogP) is 6.18. The normalized spacial score (nSPS) is 13.4. The Morgan fingerprint density at radius 3 is 2.09 bits per heavy atom. The second-order valence-electron chi connectivity index (χ2n) is 11.0. The highest BCUT2D eigenvalue weighted by Gasteiger charge is 2.27. The summed E-state index contributed by atoms with van der Waals surface area (Å²) in [5, 5.41) is 2.89. The fourth-order valence-corrected chi connectivity index (χ4v) is 3.81. The smallest absolute Gasteiger partial charge is 0.329 e. The molecule has 1 rings (SSSR count). The van der Waals surface area contributed by atoms with Crippen molar-refractivity contribution >= 4 is 11.9 Å². The Morgan fingerprint density at radius 1 is 0.971 bits per heavy atom. The molecule has 1 N–H and O–H groups in total. The number of ether oxygens (including phenoxy) is 1. The van der Waals surface area contributed by atoms with E-state index in [-0.39, 0.29) is 5.91 Å². The van der Waals surface area contributed by atoms with Crippen molar-refractivity contribution in [2.75, 3.05) is 20.6 Å². The van der Waals surface area contributed by atoms with Crippen molar-refractivity contribution in [2.45, 2.75) is 104 Å². The molecule has 0 unspecified atom stereocenters. The van der Waals surface area contributed by atoms with Gasteiger partial charge in [-0.15, -0.1) is 0 Å². The minimum absolute atomic E-state index is 0.258. The van der Waals surface area contributed by atoms with Gasteiger partial charge in [-0.25, -0.2) is 4.79 Å². The van der Waals surface area contributed by atoms with Crippen molar-refractivity contribution in [3.05, 3.63) is 47.7 Å². The fraction of sp³-hybridized carbons (Fsp3) is 0.655. The van der Waals surface area contributed by atoms with Gasteiger partial charge in [-0.05, 0) is 39.2 Å². The van der Waals surface area contributed by atoms with Gasteiger partial charge in [0.1, 0.15) is 17.3 Å². The molecule has 0 bridgehead atoms. The molecule has 0 spiro atoms. The first kappa shape index (κ1) is 29.9. The number of hydrogen-bond acceptors (Lipinski definition) is 3. The van der Waals surface area contributed by atoms with Gasteiger partial charge in [-0.2, -0.15) is 0 Å². The van der Waals surface area contributed by atoms with Crippen molar-refractivity contribution < 1.29 is 18.8 Å². The lowest BCUT2D eigenvalue weighted by atomic mass is 10.1. The number of allylic oxidation sites excluding steroid dienone is 1. The second-order valence-corrected chi connectivity index (χ2v) is 11.0. The predicted molar refractivity (Wildman–Crippen MR) is 141 cm³/mol. The van der Waals surface area contributed by atoms with Crippen molar-refractivity contribution in [3.8, 4) is 0 Å². The van der Waals surface area contributed by atoms with Crippen LogP contribution in [0.2, 0.25) is 0 Å². The number of carbonyl (C=O) groups excluding carboxylic acids is 2. The molecule has 0 heterocycles. The van der Waals surface area contributed by atoms with E-state index in [9.17, 15) is 9.59 Å². The molecule has 0 saturated heterocycles. The molecule has 0 radical (unpaired) electrons. The van der Waals surface area contributed by atoms with Gasteiger partial charge < -0.3 is 10.1 Å². The van der Waals surface area contributed by atoms with Gasteiger partial charge in [0.2, 0.25) is 5.91 Å². The standard InChI is InChI=1S/C29H48N2O3/c1-8-9-10-11-12-13-14-18-21-31(6,7)24(2)22-27(32)30-26(28(33)34-29(3,4)5)23-25-19-16-15-17-20-25/h15-17,19-20,22,26H,8-14,18,21,23H2,1-7H3/p+1/b24-22+/t26-/m0/s1. The minimum Gasteiger partial charge on any atom is -0.458 e. The third-order valence-corrected chi connectivity index (χ3v) is 6.16. The lowest BCUT2D eigenvalue weighted by Gasteiger charge is -2.30. The zero-order valence-electron chi connectivity index (χ0n) is 22.8. The van der Waals surface area contributed by atoms with Crippen LogP contribution < -0.4 is 5.32 Å². The van der Waals surface area contributed by atoms with Crippen LogP contribution >= 0.6 is 0 Å². The first-order chi connectivity index (χ1) is 15.9. The summed E-state index contributed by atoms with van der Waals surface area (Å²) in [4.78, 5) is 25.7. The molecule has 1 aromatic carbocycles. The molecule has 34 heavy (non-hydrogen) atoms. The molecular weight excluding hydrogens is 424 g/mol. The van der Waals surface area contributed by atoms with Crippen molar-refractivity contribution in [1.29, 1.82) is 0 Å². The Bertz CT molecular complexity index is 763. The number of benzene rings is 1. The van der Waals surface area contributed by atoms with E-state index in [1.54, 1.807) is 6.08 Å². The van der Waals surface area contributed by atoms with Crippen LogP contribution in [0.3, 0.4) is 0 Å². The highest BCUT2D eigenvalue weighted by atomic mass is 16.6. The van der Waals surface area contributed by atoms with E-state index in [0.717, 1.165) is 24.2 Å². The molecule has 1 amide bonds. The number of nitrogens with zero attached hydrogens (tertiary/aromatic N) is 1. The van der Waals surface area contributed by atoms with Crippen LogP contribution in [0, 0.1) is 0 Å². The first-order valence-corrected chi connectivity index (χ1v) is 13.0. The summed E-state index contributed by atoms with van der Waals surface area (Å²) in [6.07, 6.45) is 12.3. The number of esters is 1. The monoisotopic (exact) mass is 473 g/mol. The maximum Gasteiger partial charge on any atom is 0.329 e. The SMILES string of the molecule is CCCCCCCCCC[N+](C)(C)/C(C)=C/C(=O)N[C@@H](Cc1ccccc1)C(=O)OC(C)(C)C. The Morgan fingerprint density at radius 2 is 1.53 bits per heavy atom. The zero-order valence-corrected chi connectivity index (χ0v) is 22.8. The van der Waals surface area contributed by atoms with Gasteiger partial charge in [-0.1, -0.05) is 75.8 Å². The average molecular weight is 474 g/mol. The number of rotatable bonds is 15. The van der Waals surface area contributed by atoms with Crippen LogP contribution in [0.25, 0.3) is 0 Å². The summed E-state index contributed by atoms with van der Waals surface area (Å²) in [5.41, 5.74) is 1.34. The lowest BCUT2D eigenvalue weighted by molar-refractivity contribution is -0.852. The zero-order chi connectivity index (χ0) is 25.6. The molecule has 5 nitrogen and oxygen atoms in total. The molecule has 1 aromatic rings. The second kappa shape index (κ2) is 15.0. The van der Waals surface area contributed by atoms with Crippen LogP contribution in [0.15, 0.2) is 42.1 Å². The number of quaternary nitrogens is 1. The summed E-state index contributed by atoms with van der Waals surface area (Å²) in [6.45, 7) is 10.7. The lowest BCUT2D eigenvalue weighted by Crippen LogP contribution is -2.46. The molecule has 0 aliphatic carbocycles. The molecule has 0 aliphatic heterocycles. The van der Waals surface area contributed by atoms with Gasteiger partial charge >= 0.3 is 5.97 Å². The topological polar surface area (TPSA) is 55.4 Å². The largest absolute Gasteiger partial charge is 0.458 e. The maximum absolute atomic E-state index is 12.9. The van der Waals surface area contributed by atoms with E-state index in [4.69, 9.17) is 4.74 Å². The number of nitrogens with one attached hydrogen (secondary N) is 1. The number of carbonyl (C=O) groups is 2. The highest BCUT2D eigenvalue weighted by Crippen LogP contribution is 2.16. The van der Waals surface area contributed by atoms with E-state index in [2.05, 4.69) is 26.3 Å². The summed E-state index contributed by atoms with van der Waals surface area (Å²) in [6, 6.07) is 8.96. The summed E-state index contributed by atoms with van der Waals surface area (Å²) >= 11 is 0. The van der Waals surface area contributed by atoms with Crippen LogP contribution in [0.5, 0.6) is 0 Å². The third kappa shape index (κ3) is 12.9. The molecule has 5 heteroatoms. The highest BCUT2D eigenvalue weighted by molar-refractivity contribution is 5.92. The van der Waals surface area contributed by atoms with Gasteiger partial charge in [0.25, 0.3) is 0 Å². The summed E-state index contributed by atoms with van der Waals surface area (Å²) in [5.74, 6) is -0.671. The number of amides is 1. The quantitative estimate of drug-likeness (QED) is 0.143. The van der Waals surface area contributed by atoms with Crippen LogP contribution in [-0.4, -0.2) is 48.6 Å². The third-order valence-electron chi connectivity index (χ3n) is 6.16. The fourth-order valence-electron chi connectivity index (χ4n) is 3.81. The maximum atomic E-state index is 12.9. The van der Waals surface area contributed by atoms with Crippen LogP contribution in [-0.2, 0) is 20.7 Å². The van der Waals surface area contributed by atoms with Crippen LogP contribution in [0.1, 0.15) is 91.5 Å². The number of hydrogen-bond donors (Lipinski definition) is 1. The Hall–Kier alpha value is -2.14. The molecule has 0 aromatic heterocycles. The van der Waals surface area contributed by atoms with Gasteiger partial charge in [0.15, 0.2) is 0 Å². The van der Waals surface area contributed by atoms with Crippen molar-refractivity contribution in [3.63, 3.8) is 0 Å². The molecule has 0 saturated carbocycles. The van der Waals surface area contributed by atoms with Gasteiger partial charge in [0, 0.05) is 13.3 Å². The van der Waals surface area contributed by atoms with E-state index < -0.39 is 17.6 Å². The molecule has 0 aliphatic rings. The van der Waals surface area contributed by atoms with Crippen LogP contribution in [0.4, 0.5) is 0 Å². The average Bonchev–Trinajstić information content (AvgIpc) is 2.74. The summed E-state index contributed by atoms with van der Waals surface area (Å²) < 4.78 is 6.24. The van der Waals surface area contributed by atoms with E-state index >= 15 is 0 Å². The van der Waals surface area contributed by atoms with E-state index in [1.807, 2.05) is 58.0 Å². The molecule has 1 atom stereocenters. The Kier molecular flexibility index (Phi) is 13.2. The van der Waals surface area contributed by atoms with Crippen molar-refractivity contribution in [1.82, 2.24) is 5.32 Å². The van der Waals surface area contributed by atoms with Gasteiger partial charge in [0.05, 0.1) is 26.7 Å². The van der Waals surface area contributed by atoms with Crippen molar-refractivity contribution in [2.24, 2.45) is 0 Å². The van der Waals surface area contributed by atoms with Gasteiger partial charge in [-0.3, -0.25) is 9.28 Å². The Balaban J connectivity index is 2.67. The minimum atomic E-state index is -0.735. The molecular formula is C29H49N2O3+. The van der Waals surface area contributed by atoms with E-state index in [0.29, 0.717) is 10.9 Å². The first-order valence-electron chi connectivity index (χ1n) is 13.0. The molecule has 192 valence electrons.